The number of amides is 1. The smallest absolute Gasteiger partial charge is 0.337 e. The molecule has 0 heterocycles. The minimum absolute atomic E-state index is 0.0997. The number of ether oxygens (including phenoxy) is 1. The standard InChI is InChI=1S/C23H26ClNO6/c1-2-31-23(30)21(27)19(14-16-9-4-6-12-18(16)24)25-20(26)13-7-10-15-8-3-5-11-17(15)22(28)29/h3-6,8-9,11-12,19,21,27H,2,7,10,13-14H2,1H3,(H,25,26)(H,28,29). The highest BCUT2D eigenvalue weighted by atomic mass is 35.5. The summed E-state index contributed by atoms with van der Waals surface area (Å²) in [5, 5.41) is 22.8. The Morgan fingerprint density at radius 1 is 1.06 bits per heavy atom. The molecule has 2 unspecified atom stereocenters. The quantitative estimate of drug-likeness (QED) is 0.456. The summed E-state index contributed by atoms with van der Waals surface area (Å²) in [6, 6.07) is 12.7. The van der Waals surface area contributed by atoms with E-state index >= 15 is 0 Å². The molecule has 2 atom stereocenters. The highest BCUT2D eigenvalue weighted by Gasteiger charge is 2.29. The number of carbonyl (C=O) groups excluding carboxylic acids is 2. The summed E-state index contributed by atoms with van der Waals surface area (Å²) < 4.78 is 4.88. The van der Waals surface area contributed by atoms with Crippen LogP contribution in [0.3, 0.4) is 0 Å². The molecule has 7 nitrogen and oxygen atoms in total. The predicted molar refractivity (Wildman–Crippen MR) is 116 cm³/mol. The van der Waals surface area contributed by atoms with Gasteiger partial charge in [-0.1, -0.05) is 48.0 Å². The number of hydrogen-bond donors (Lipinski definition) is 3. The van der Waals surface area contributed by atoms with Gasteiger partial charge in [0.15, 0.2) is 6.10 Å². The number of aliphatic hydroxyl groups excluding tert-OH is 1. The minimum Gasteiger partial charge on any atom is -0.478 e. The number of carboxylic acids is 1. The number of carbonyl (C=O) groups is 3. The van der Waals surface area contributed by atoms with Gasteiger partial charge in [-0.05, 0) is 49.4 Å². The molecular weight excluding hydrogens is 422 g/mol. The van der Waals surface area contributed by atoms with Crippen molar-refractivity contribution < 1.29 is 29.3 Å². The van der Waals surface area contributed by atoms with Crippen LogP contribution in [0.2, 0.25) is 5.02 Å². The molecule has 2 aromatic carbocycles. The van der Waals surface area contributed by atoms with Crippen LogP contribution in [0, 0.1) is 0 Å². The second-order valence-electron chi connectivity index (χ2n) is 6.98. The Morgan fingerprint density at radius 3 is 2.35 bits per heavy atom. The molecule has 2 aromatic rings. The molecule has 0 radical (unpaired) electrons. The van der Waals surface area contributed by atoms with Gasteiger partial charge < -0.3 is 20.3 Å². The van der Waals surface area contributed by atoms with Crippen molar-refractivity contribution in [3.63, 3.8) is 0 Å². The Bertz CT molecular complexity index is 916. The molecule has 0 aliphatic rings. The van der Waals surface area contributed by atoms with Gasteiger partial charge in [0.05, 0.1) is 18.2 Å². The van der Waals surface area contributed by atoms with Crippen LogP contribution >= 0.6 is 11.6 Å². The van der Waals surface area contributed by atoms with E-state index in [1.807, 2.05) is 0 Å². The molecule has 166 valence electrons. The van der Waals surface area contributed by atoms with E-state index in [2.05, 4.69) is 5.32 Å². The van der Waals surface area contributed by atoms with E-state index in [9.17, 15) is 24.6 Å². The van der Waals surface area contributed by atoms with Crippen molar-refractivity contribution in [3.8, 4) is 0 Å². The van der Waals surface area contributed by atoms with Crippen molar-refractivity contribution in [2.45, 2.75) is 44.8 Å². The van der Waals surface area contributed by atoms with E-state index in [4.69, 9.17) is 16.3 Å². The van der Waals surface area contributed by atoms with Crippen LogP contribution in [0.4, 0.5) is 0 Å². The Kier molecular flexibility index (Phi) is 9.49. The summed E-state index contributed by atoms with van der Waals surface area (Å²) in [5.41, 5.74) is 1.52. The lowest BCUT2D eigenvalue weighted by atomic mass is 9.99. The van der Waals surface area contributed by atoms with Crippen molar-refractivity contribution in [1.29, 1.82) is 0 Å². The van der Waals surface area contributed by atoms with Crippen LogP contribution in [-0.2, 0) is 27.2 Å². The van der Waals surface area contributed by atoms with Crippen molar-refractivity contribution in [2.24, 2.45) is 0 Å². The Hall–Kier alpha value is -2.90. The summed E-state index contributed by atoms with van der Waals surface area (Å²) in [7, 11) is 0. The molecule has 1 amide bonds. The first-order valence-electron chi connectivity index (χ1n) is 10.0. The van der Waals surface area contributed by atoms with Crippen molar-refractivity contribution >= 4 is 29.4 Å². The van der Waals surface area contributed by atoms with Crippen molar-refractivity contribution in [3.05, 3.63) is 70.2 Å². The van der Waals surface area contributed by atoms with Gasteiger partial charge in [-0.15, -0.1) is 0 Å². The van der Waals surface area contributed by atoms with Gasteiger partial charge in [0.25, 0.3) is 0 Å². The first-order chi connectivity index (χ1) is 14.8. The van der Waals surface area contributed by atoms with Crippen LogP contribution in [0.1, 0.15) is 41.3 Å². The number of hydrogen-bond acceptors (Lipinski definition) is 5. The number of rotatable bonds is 11. The summed E-state index contributed by atoms with van der Waals surface area (Å²) in [6.07, 6.45) is -0.487. The third-order valence-electron chi connectivity index (χ3n) is 4.75. The van der Waals surface area contributed by atoms with Gasteiger partial charge in [-0.3, -0.25) is 4.79 Å². The number of carboxylic acid groups (broad SMARTS) is 1. The Balaban J connectivity index is 2.02. The monoisotopic (exact) mass is 447 g/mol. The van der Waals surface area contributed by atoms with E-state index in [-0.39, 0.29) is 30.9 Å². The highest BCUT2D eigenvalue weighted by Crippen LogP contribution is 2.18. The average Bonchev–Trinajstić information content (AvgIpc) is 2.74. The third kappa shape index (κ3) is 7.38. The van der Waals surface area contributed by atoms with E-state index in [0.29, 0.717) is 29.0 Å². The number of benzene rings is 2. The molecule has 2 rings (SSSR count). The molecular formula is C23H26ClNO6. The third-order valence-corrected chi connectivity index (χ3v) is 5.12. The van der Waals surface area contributed by atoms with Gasteiger partial charge in [0.1, 0.15) is 0 Å². The maximum absolute atomic E-state index is 12.5. The number of halogens is 1. The lowest BCUT2D eigenvalue weighted by molar-refractivity contribution is -0.154. The maximum Gasteiger partial charge on any atom is 0.337 e. The first-order valence-corrected chi connectivity index (χ1v) is 10.4. The van der Waals surface area contributed by atoms with Crippen LogP contribution < -0.4 is 5.32 Å². The molecule has 3 N–H and O–H groups in total. The van der Waals surface area contributed by atoms with Crippen LogP contribution in [0.5, 0.6) is 0 Å². The highest BCUT2D eigenvalue weighted by molar-refractivity contribution is 6.31. The van der Waals surface area contributed by atoms with E-state index < -0.39 is 24.1 Å². The molecule has 0 aliphatic carbocycles. The topological polar surface area (TPSA) is 113 Å². The van der Waals surface area contributed by atoms with Gasteiger partial charge in [-0.25, -0.2) is 9.59 Å². The number of aromatic carboxylic acids is 1. The molecule has 0 saturated carbocycles. The van der Waals surface area contributed by atoms with Gasteiger partial charge >= 0.3 is 11.9 Å². The largest absolute Gasteiger partial charge is 0.478 e. The minimum atomic E-state index is -1.55. The SMILES string of the molecule is CCOC(=O)C(O)C(Cc1ccccc1Cl)NC(=O)CCCc1ccccc1C(=O)O. The first kappa shape index (κ1) is 24.4. The van der Waals surface area contributed by atoms with Crippen molar-refractivity contribution in [2.75, 3.05) is 6.61 Å². The van der Waals surface area contributed by atoms with Crippen molar-refractivity contribution in [1.82, 2.24) is 5.32 Å². The lowest BCUT2D eigenvalue weighted by Gasteiger charge is -2.23. The Morgan fingerprint density at radius 2 is 1.71 bits per heavy atom. The van der Waals surface area contributed by atoms with E-state index in [1.165, 1.54) is 6.07 Å². The molecule has 0 saturated heterocycles. The fourth-order valence-electron chi connectivity index (χ4n) is 3.20. The fraction of sp³-hybridized carbons (Fsp3) is 0.348. The summed E-state index contributed by atoms with van der Waals surface area (Å²) in [5.74, 6) is -2.21. The zero-order valence-electron chi connectivity index (χ0n) is 17.2. The molecule has 31 heavy (non-hydrogen) atoms. The second kappa shape index (κ2) is 12.1. The van der Waals surface area contributed by atoms with E-state index in [1.54, 1.807) is 49.4 Å². The maximum atomic E-state index is 12.5. The summed E-state index contributed by atoms with van der Waals surface area (Å²) in [4.78, 5) is 35.8. The normalized spacial score (nSPS) is 12.6. The molecule has 0 aromatic heterocycles. The predicted octanol–water partition coefficient (Wildman–Crippen LogP) is 3.01. The lowest BCUT2D eigenvalue weighted by Crippen LogP contribution is -2.48. The Labute approximate surface area is 186 Å². The summed E-state index contributed by atoms with van der Waals surface area (Å²) >= 11 is 6.18. The number of aliphatic hydroxyl groups is 1. The molecule has 0 fully saturated rings. The fourth-order valence-corrected chi connectivity index (χ4v) is 3.41. The number of esters is 1. The van der Waals surface area contributed by atoms with Gasteiger partial charge in [0, 0.05) is 11.4 Å². The number of nitrogens with one attached hydrogen (secondary N) is 1. The zero-order chi connectivity index (χ0) is 22.8. The van der Waals surface area contributed by atoms with E-state index in [0.717, 1.165) is 0 Å². The average molecular weight is 448 g/mol. The zero-order valence-corrected chi connectivity index (χ0v) is 18.0. The van der Waals surface area contributed by atoms with Crippen LogP contribution in [0.15, 0.2) is 48.5 Å². The van der Waals surface area contributed by atoms with Crippen LogP contribution in [0.25, 0.3) is 0 Å². The summed E-state index contributed by atoms with van der Waals surface area (Å²) in [6.45, 7) is 1.73. The number of aryl methyl sites for hydroxylation is 1. The molecule has 8 heteroatoms. The van der Waals surface area contributed by atoms with Gasteiger partial charge in [-0.2, -0.15) is 0 Å². The van der Waals surface area contributed by atoms with Crippen LogP contribution in [-0.4, -0.2) is 46.8 Å². The van der Waals surface area contributed by atoms with Gasteiger partial charge in [0.2, 0.25) is 5.91 Å². The molecule has 0 spiro atoms. The molecule has 0 aliphatic heterocycles. The molecule has 0 bridgehead atoms. The second-order valence-corrected chi connectivity index (χ2v) is 7.39.